The Morgan fingerprint density at radius 3 is 1.36 bits per heavy atom. The van der Waals surface area contributed by atoms with E-state index in [9.17, 15) is 0 Å². The van der Waals surface area contributed by atoms with Crippen molar-refractivity contribution in [3.8, 4) is 0 Å². The predicted octanol–water partition coefficient (Wildman–Crippen LogP) is 2.15. The van der Waals surface area contributed by atoms with Crippen molar-refractivity contribution in [1.29, 1.82) is 0 Å². The fourth-order valence-electron chi connectivity index (χ4n) is 3.16. The van der Waals surface area contributed by atoms with Gasteiger partial charge in [-0.25, -0.2) is 0 Å². The maximum absolute atomic E-state index is 9.13. The minimum atomic E-state index is 0. The molecule has 0 aromatic rings. The van der Waals surface area contributed by atoms with Gasteiger partial charge in [-0.2, -0.15) is 0 Å². The van der Waals surface area contributed by atoms with E-state index in [-0.39, 0.29) is 24.0 Å². The lowest BCUT2D eigenvalue weighted by Crippen LogP contribution is -3.00. The molecule has 0 saturated carbocycles. The van der Waals surface area contributed by atoms with Crippen molar-refractivity contribution in [2.45, 2.75) is 90.9 Å². The summed E-state index contributed by atoms with van der Waals surface area (Å²) >= 11 is 0. The predicted molar refractivity (Wildman–Crippen MR) is 94.6 cm³/mol. The fraction of sp³-hybridized carbons (Fsp3) is 1.00. The van der Waals surface area contributed by atoms with E-state index < -0.39 is 0 Å². The van der Waals surface area contributed by atoms with Gasteiger partial charge in [-0.3, -0.25) is 0 Å². The monoisotopic (exact) mass is 427 g/mol. The Bertz CT molecular complexity index is 214. The van der Waals surface area contributed by atoms with Crippen molar-refractivity contribution in [2.75, 3.05) is 33.3 Å². The van der Waals surface area contributed by atoms with Gasteiger partial charge in [0.05, 0.1) is 26.7 Å². The number of hydrogen-bond donors (Lipinski definition) is 1. The molecule has 0 aliphatic rings. The Morgan fingerprint density at radius 1 is 0.591 bits per heavy atom. The second-order valence-corrected chi connectivity index (χ2v) is 7.05. The molecule has 0 spiro atoms. The van der Waals surface area contributed by atoms with Crippen LogP contribution in [-0.2, 0) is 0 Å². The number of aliphatic hydroxyl groups excluding tert-OH is 1. The normalized spacial score (nSPS) is 13.6. The number of unbranched alkanes of at least 4 members (excludes halogenated alkanes) is 9. The van der Waals surface area contributed by atoms with Gasteiger partial charge in [0.2, 0.25) is 0 Å². The smallest absolute Gasteiger partial charge is 0.0806 e. The lowest BCUT2D eigenvalue weighted by Gasteiger charge is -2.35. The second kappa shape index (κ2) is 18.0. The van der Waals surface area contributed by atoms with Gasteiger partial charge in [0, 0.05) is 13.0 Å². The van der Waals surface area contributed by atoms with E-state index in [1.54, 1.807) is 0 Å². The number of quaternary nitrogens is 1. The molecule has 0 aromatic carbocycles. The molecule has 0 aromatic heterocycles. The second-order valence-electron chi connectivity index (χ2n) is 7.05. The van der Waals surface area contributed by atoms with Crippen LogP contribution in [0, 0.1) is 0 Å². The molecule has 0 rings (SSSR count). The van der Waals surface area contributed by atoms with Gasteiger partial charge in [-0.15, -0.1) is 0 Å². The van der Waals surface area contributed by atoms with Crippen molar-refractivity contribution >= 4 is 0 Å². The Kier molecular flexibility index (Phi) is 20.4. The van der Waals surface area contributed by atoms with Gasteiger partial charge in [-0.1, -0.05) is 58.8 Å². The summed E-state index contributed by atoms with van der Waals surface area (Å²) < 4.78 is 1.18. The van der Waals surface area contributed by atoms with Crippen LogP contribution in [0.4, 0.5) is 0 Å². The average Bonchev–Trinajstić information content (AvgIpc) is 2.49. The van der Waals surface area contributed by atoms with E-state index in [1.807, 2.05) is 0 Å². The molecule has 0 saturated heterocycles. The van der Waals surface area contributed by atoms with Gasteiger partial charge in [0.1, 0.15) is 0 Å². The molecule has 0 radical (unpaired) electrons. The Labute approximate surface area is 157 Å². The van der Waals surface area contributed by atoms with Gasteiger partial charge in [-0.05, 0) is 25.7 Å². The molecule has 1 N–H and O–H groups in total. The van der Waals surface area contributed by atoms with E-state index in [4.69, 9.17) is 5.11 Å². The molecule has 0 amide bonds. The van der Waals surface area contributed by atoms with Crippen molar-refractivity contribution in [3.63, 3.8) is 0 Å². The molecule has 0 bridgehead atoms. The van der Waals surface area contributed by atoms with Crippen LogP contribution >= 0.6 is 0 Å². The number of nitrogens with zero attached hydrogens (tertiary/aromatic N) is 1. The highest BCUT2D eigenvalue weighted by atomic mass is 127. The molecule has 3 heteroatoms. The number of aliphatic hydroxyl groups is 1. The van der Waals surface area contributed by atoms with E-state index >= 15 is 0 Å². The lowest BCUT2D eigenvalue weighted by molar-refractivity contribution is -0.910. The van der Waals surface area contributed by atoms with Crippen LogP contribution in [0.3, 0.4) is 0 Å². The Balaban J connectivity index is 0. The van der Waals surface area contributed by atoms with Crippen molar-refractivity contribution in [2.24, 2.45) is 0 Å². The van der Waals surface area contributed by atoms with Crippen LogP contribution in [0.5, 0.6) is 0 Å². The summed E-state index contributed by atoms with van der Waals surface area (Å²) in [6.45, 7) is 8.67. The van der Waals surface area contributed by atoms with Crippen LogP contribution in [-0.4, -0.2) is 42.9 Å². The van der Waals surface area contributed by atoms with Gasteiger partial charge in [0.15, 0.2) is 0 Å². The third-order valence-electron chi connectivity index (χ3n) is 4.71. The summed E-state index contributed by atoms with van der Waals surface area (Å²) in [7, 11) is 2.40. The number of halogens is 1. The Morgan fingerprint density at radius 2 is 0.955 bits per heavy atom. The molecule has 0 heterocycles. The van der Waals surface area contributed by atoms with Crippen molar-refractivity contribution in [3.05, 3.63) is 0 Å². The highest BCUT2D eigenvalue weighted by molar-refractivity contribution is 4.49. The van der Waals surface area contributed by atoms with E-state index in [0.29, 0.717) is 6.61 Å². The highest BCUT2D eigenvalue weighted by Crippen LogP contribution is 2.14. The molecule has 0 fully saturated rings. The van der Waals surface area contributed by atoms with Crippen molar-refractivity contribution < 1.29 is 33.6 Å². The Hall–Kier alpha value is 0.650. The highest BCUT2D eigenvalue weighted by Gasteiger charge is 2.19. The molecule has 136 valence electrons. The quantitative estimate of drug-likeness (QED) is 0.227. The molecule has 0 aliphatic heterocycles. The third kappa shape index (κ3) is 15.5. The molecule has 0 aliphatic carbocycles. The molecule has 22 heavy (non-hydrogen) atoms. The lowest BCUT2D eigenvalue weighted by atomic mass is 10.1. The van der Waals surface area contributed by atoms with Crippen LogP contribution in [0.2, 0.25) is 0 Å². The van der Waals surface area contributed by atoms with E-state index in [1.165, 1.54) is 88.2 Å². The zero-order valence-electron chi connectivity index (χ0n) is 15.6. The molecular weight excluding hydrogens is 385 g/mol. The maximum atomic E-state index is 9.13. The zero-order valence-corrected chi connectivity index (χ0v) is 17.7. The van der Waals surface area contributed by atoms with Crippen LogP contribution in [0.15, 0.2) is 0 Å². The van der Waals surface area contributed by atoms with Gasteiger partial charge in [0.25, 0.3) is 0 Å². The van der Waals surface area contributed by atoms with Gasteiger partial charge >= 0.3 is 0 Å². The third-order valence-corrected chi connectivity index (χ3v) is 4.71. The van der Waals surface area contributed by atoms with Crippen LogP contribution in [0.25, 0.3) is 0 Å². The first-order chi connectivity index (χ1) is 10.2. The number of rotatable bonds is 16. The fourth-order valence-corrected chi connectivity index (χ4v) is 3.16. The summed E-state index contributed by atoms with van der Waals surface area (Å²) in [6, 6.07) is 0. The molecule has 1 unspecified atom stereocenters. The zero-order chi connectivity index (χ0) is 15.8. The average molecular weight is 427 g/mol. The standard InChI is InChI=1S/C19H42NO.HI/c1-4-6-8-10-12-14-17-20(3,18-15-19-21)16-13-11-9-7-5-2;/h21H,4-19H2,1-3H3;1H/q+1;/p-1. The molecule has 1 atom stereocenters. The SMILES string of the molecule is CCCCCCCC[N+](C)(CCCO)CCCCCCC.[I-]. The first-order valence-electron chi connectivity index (χ1n) is 9.63. The molecule has 2 nitrogen and oxygen atoms in total. The van der Waals surface area contributed by atoms with Crippen molar-refractivity contribution in [1.82, 2.24) is 0 Å². The van der Waals surface area contributed by atoms with E-state index in [2.05, 4.69) is 20.9 Å². The number of hydrogen-bond acceptors (Lipinski definition) is 1. The maximum Gasteiger partial charge on any atom is 0.0806 e. The largest absolute Gasteiger partial charge is 1.00 e. The van der Waals surface area contributed by atoms with Crippen LogP contribution < -0.4 is 24.0 Å². The topological polar surface area (TPSA) is 20.2 Å². The minimum Gasteiger partial charge on any atom is -1.00 e. The summed E-state index contributed by atoms with van der Waals surface area (Å²) in [5, 5.41) is 9.13. The van der Waals surface area contributed by atoms with E-state index in [0.717, 1.165) is 13.0 Å². The summed E-state index contributed by atoms with van der Waals surface area (Å²) in [5.41, 5.74) is 0. The summed E-state index contributed by atoms with van der Waals surface area (Å²) in [6.07, 6.45) is 16.1. The van der Waals surface area contributed by atoms with Gasteiger partial charge < -0.3 is 33.6 Å². The van der Waals surface area contributed by atoms with Crippen LogP contribution in [0.1, 0.15) is 90.9 Å². The summed E-state index contributed by atoms with van der Waals surface area (Å²) in [4.78, 5) is 0. The first-order valence-corrected chi connectivity index (χ1v) is 9.63. The molecular formula is C19H42INO. The minimum absolute atomic E-state index is 0. The summed E-state index contributed by atoms with van der Waals surface area (Å²) in [5.74, 6) is 0. The first kappa shape index (κ1) is 24.9.